The normalized spacial score (nSPS) is 10.3. The first-order valence-electron chi connectivity index (χ1n) is 5.73. The summed E-state index contributed by atoms with van der Waals surface area (Å²) in [6.45, 7) is 2.20. The van der Waals surface area contributed by atoms with Gasteiger partial charge < -0.3 is 4.74 Å². The Labute approximate surface area is 109 Å². The molecule has 1 aromatic carbocycles. The minimum absolute atomic E-state index is 0.177. The third-order valence-corrected chi connectivity index (χ3v) is 2.89. The number of unbranched alkanes of at least 4 members (excludes halogenated alkanes) is 1. The van der Waals surface area contributed by atoms with Crippen LogP contribution in [0, 0.1) is 5.82 Å². The summed E-state index contributed by atoms with van der Waals surface area (Å²) in [5.41, 5.74) is 0.692. The second-order valence-electron chi connectivity index (χ2n) is 3.75. The standard InChI is InChI=1S/C13H16BrFO2/c1-2-17-13(16)6-4-3-5-10-7-8-11(14)9-12(10)15/h7-9H,2-6H2,1H3. The lowest BCUT2D eigenvalue weighted by atomic mass is 10.1. The Hall–Kier alpha value is -0.900. The minimum atomic E-state index is -0.199. The molecule has 0 aliphatic heterocycles. The number of ether oxygens (including phenoxy) is 1. The van der Waals surface area contributed by atoms with Crippen LogP contribution in [0.1, 0.15) is 31.7 Å². The SMILES string of the molecule is CCOC(=O)CCCCc1ccc(Br)cc1F. The van der Waals surface area contributed by atoms with E-state index in [2.05, 4.69) is 15.9 Å². The number of esters is 1. The van der Waals surface area contributed by atoms with Crippen LogP contribution in [0.4, 0.5) is 4.39 Å². The van der Waals surface area contributed by atoms with Crippen molar-refractivity contribution in [3.05, 3.63) is 34.1 Å². The van der Waals surface area contributed by atoms with Crippen molar-refractivity contribution in [3.63, 3.8) is 0 Å². The molecule has 0 aliphatic carbocycles. The average Bonchev–Trinajstić information content (AvgIpc) is 2.27. The molecule has 0 unspecified atom stereocenters. The molecule has 4 heteroatoms. The number of benzene rings is 1. The Morgan fingerprint density at radius 2 is 2.18 bits per heavy atom. The van der Waals surface area contributed by atoms with Crippen LogP contribution in [-0.2, 0) is 16.0 Å². The lowest BCUT2D eigenvalue weighted by Crippen LogP contribution is -2.03. The molecule has 1 rings (SSSR count). The van der Waals surface area contributed by atoms with Gasteiger partial charge in [-0.05, 0) is 43.9 Å². The maximum atomic E-state index is 13.4. The van der Waals surface area contributed by atoms with Crippen LogP contribution < -0.4 is 0 Å². The van der Waals surface area contributed by atoms with Crippen molar-refractivity contribution < 1.29 is 13.9 Å². The Morgan fingerprint density at radius 1 is 1.41 bits per heavy atom. The molecule has 0 radical (unpaired) electrons. The highest BCUT2D eigenvalue weighted by molar-refractivity contribution is 9.10. The molecular weight excluding hydrogens is 287 g/mol. The molecule has 0 aromatic heterocycles. The molecule has 0 amide bonds. The fourth-order valence-corrected chi connectivity index (χ4v) is 1.88. The van der Waals surface area contributed by atoms with Gasteiger partial charge in [0, 0.05) is 10.9 Å². The van der Waals surface area contributed by atoms with Gasteiger partial charge in [-0.3, -0.25) is 4.79 Å². The van der Waals surface area contributed by atoms with E-state index in [0.29, 0.717) is 25.0 Å². The summed E-state index contributed by atoms with van der Waals surface area (Å²) in [5, 5.41) is 0. The van der Waals surface area contributed by atoms with Crippen LogP contribution in [-0.4, -0.2) is 12.6 Å². The van der Waals surface area contributed by atoms with Crippen LogP contribution in [0.3, 0.4) is 0 Å². The zero-order valence-corrected chi connectivity index (χ0v) is 11.4. The highest BCUT2D eigenvalue weighted by Gasteiger charge is 2.04. The van der Waals surface area contributed by atoms with Gasteiger partial charge in [0.1, 0.15) is 5.82 Å². The molecule has 0 fully saturated rings. The van der Waals surface area contributed by atoms with E-state index in [1.54, 1.807) is 13.0 Å². The highest BCUT2D eigenvalue weighted by atomic mass is 79.9. The van der Waals surface area contributed by atoms with Gasteiger partial charge in [0.15, 0.2) is 0 Å². The van der Waals surface area contributed by atoms with Crippen LogP contribution >= 0.6 is 15.9 Å². The third kappa shape index (κ3) is 5.31. The molecule has 0 heterocycles. The van der Waals surface area contributed by atoms with Gasteiger partial charge in [0.2, 0.25) is 0 Å². The molecule has 0 atom stereocenters. The molecule has 0 saturated carbocycles. The number of carbonyl (C=O) groups is 1. The van der Waals surface area contributed by atoms with Gasteiger partial charge in [0.25, 0.3) is 0 Å². The Bertz CT molecular complexity index is 380. The summed E-state index contributed by atoms with van der Waals surface area (Å²) >= 11 is 3.21. The van der Waals surface area contributed by atoms with Gasteiger partial charge in [-0.25, -0.2) is 4.39 Å². The van der Waals surface area contributed by atoms with Gasteiger partial charge in [-0.15, -0.1) is 0 Å². The van der Waals surface area contributed by atoms with Crippen LogP contribution in [0.15, 0.2) is 22.7 Å². The zero-order chi connectivity index (χ0) is 12.7. The topological polar surface area (TPSA) is 26.3 Å². The Kier molecular flexibility index (Phi) is 6.19. The smallest absolute Gasteiger partial charge is 0.305 e. The van der Waals surface area contributed by atoms with E-state index in [9.17, 15) is 9.18 Å². The second-order valence-corrected chi connectivity index (χ2v) is 4.66. The monoisotopic (exact) mass is 302 g/mol. The Balaban J connectivity index is 2.29. The lowest BCUT2D eigenvalue weighted by molar-refractivity contribution is -0.143. The molecule has 2 nitrogen and oxygen atoms in total. The summed E-state index contributed by atoms with van der Waals surface area (Å²) < 4.78 is 19.0. The van der Waals surface area contributed by atoms with Crippen LogP contribution in [0.5, 0.6) is 0 Å². The predicted octanol–water partition coefficient (Wildman–Crippen LogP) is 3.86. The van der Waals surface area contributed by atoms with E-state index in [1.807, 2.05) is 6.07 Å². The first-order chi connectivity index (χ1) is 8.13. The van der Waals surface area contributed by atoms with Gasteiger partial charge >= 0.3 is 5.97 Å². The van der Waals surface area contributed by atoms with E-state index in [-0.39, 0.29) is 11.8 Å². The zero-order valence-electron chi connectivity index (χ0n) is 9.84. The Morgan fingerprint density at radius 3 is 2.82 bits per heavy atom. The molecule has 0 spiro atoms. The van der Waals surface area contributed by atoms with Gasteiger partial charge in [0.05, 0.1) is 6.61 Å². The first kappa shape index (κ1) is 14.2. The van der Waals surface area contributed by atoms with Gasteiger partial charge in [-0.1, -0.05) is 22.0 Å². The predicted molar refractivity (Wildman–Crippen MR) is 68.3 cm³/mol. The van der Waals surface area contributed by atoms with Crippen LogP contribution in [0.2, 0.25) is 0 Å². The fourth-order valence-electron chi connectivity index (χ4n) is 1.54. The molecule has 94 valence electrons. The summed E-state index contributed by atoms with van der Waals surface area (Å²) in [5.74, 6) is -0.376. The maximum absolute atomic E-state index is 13.4. The summed E-state index contributed by atoms with van der Waals surface area (Å²) in [7, 11) is 0. The van der Waals surface area contributed by atoms with E-state index >= 15 is 0 Å². The first-order valence-corrected chi connectivity index (χ1v) is 6.52. The van der Waals surface area contributed by atoms with Crippen molar-refractivity contribution in [2.45, 2.75) is 32.6 Å². The minimum Gasteiger partial charge on any atom is -0.466 e. The molecule has 0 aliphatic rings. The lowest BCUT2D eigenvalue weighted by Gasteiger charge is -2.04. The van der Waals surface area contributed by atoms with Crippen LogP contribution in [0.25, 0.3) is 0 Å². The molecular formula is C13H16BrFO2. The van der Waals surface area contributed by atoms with Crippen molar-refractivity contribution in [2.24, 2.45) is 0 Å². The van der Waals surface area contributed by atoms with Crippen molar-refractivity contribution in [3.8, 4) is 0 Å². The molecule has 0 bridgehead atoms. The van der Waals surface area contributed by atoms with E-state index in [0.717, 1.165) is 17.3 Å². The highest BCUT2D eigenvalue weighted by Crippen LogP contribution is 2.17. The second kappa shape index (κ2) is 7.43. The number of hydrogen-bond acceptors (Lipinski definition) is 2. The molecule has 0 N–H and O–H groups in total. The maximum Gasteiger partial charge on any atom is 0.305 e. The summed E-state index contributed by atoms with van der Waals surface area (Å²) in [6, 6.07) is 5.05. The number of halogens is 2. The van der Waals surface area contributed by atoms with Crippen molar-refractivity contribution in [1.29, 1.82) is 0 Å². The van der Waals surface area contributed by atoms with Crippen molar-refractivity contribution in [2.75, 3.05) is 6.61 Å². The number of carbonyl (C=O) groups excluding carboxylic acids is 1. The fraction of sp³-hybridized carbons (Fsp3) is 0.462. The van der Waals surface area contributed by atoms with E-state index < -0.39 is 0 Å². The van der Waals surface area contributed by atoms with Gasteiger partial charge in [-0.2, -0.15) is 0 Å². The largest absolute Gasteiger partial charge is 0.466 e. The van der Waals surface area contributed by atoms with E-state index in [4.69, 9.17) is 4.74 Å². The van der Waals surface area contributed by atoms with Crippen molar-refractivity contribution in [1.82, 2.24) is 0 Å². The van der Waals surface area contributed by atoms with Crippen molar-refractivity contribution >= 4 is 21.9 Å². The third-order valence-electron chi connectivity index (χ3n) is 2.40. The number of rotatable bonds is 6. The summed E-state index contributed by atoms with van der Waals surface area (Å²) in [6.07, 6.45) is 2.58. The quantitative estimate of drug-likeness (QED) is 0.589. The molecule has 1 aromatic rings. The summed E-state index contributed by atoms with van der Waals surface area (Å²) in [4.78, 5) is 11.1. The van der Waals surface area contributed by atoms with E-state index in [1.165, 1.54) is 6.07 Å². The average molecular weight is 303 g/mol. The molecule has 0 saturated heterocycles. The molecule has 17 heavy (non-hydrogen) atoms. The number of aryl methyl sites for hydroxylation is 1. The number of hydrogen-bond donors (Lipinski definition) is 0.